The zero-order valence-corrected chi connectivity index (χ0v) is 11.2. The molecule has 1 atom stereocenters. The van der Waals surface area contributed by atoms with Gasteiger partial charge in [0.15, 0.2) is 0 Å². The molecule has 0 aliphatic heterocycles. The Morgan fingerprint density at radius 2 is 1.79 bits per heavy atom. The summed E-state index contributed by atoms with van der Waals surface area (Å²) in [5.74, 6) is 0. The zero-order valence-electron chi connectivity index (χ0n) is 11.2. The molecule has 2 rings (SSSR count). The Morgan fingerprint density at radius 1 is 1.11 bits per heavy atom. The number of nitrogens with zero attached hydrogens (tertiary/aromatic N) is 2. The van der Waals surface area contributed by atoms with Crippen LogP contribution in [0.25, 0.3) is 0 Å². The smallest absolute Gasteiger partial charge is 0.0449 e. The Labute approximate surface area is 114 Å². The van der Waals surface area contributed by atoms with Crippen LogP contribution in [0.3, 0.4) is 0 Å². The molecule has 1 aromatic carbocycles. The number of rotatable bonds is 6. The molecule has 0 saturated carbocycles. The molecule has 0 fully saturated rings. The van der Waals surface area contributed by atoms with Gasteiger partial charge >= 0.3 is 0 Å². The molecule has 0 unspecified atom stereocenters. The lowest BCUT2D eigenvalue weighted by atomic mass is 10.0. The highest BCUT2D eigenvalue weighted by Gasteiger charge is 2.16. The summed E-state index contributed by atoms with van der Waals surface area (Å²) in [6, 6.07) is 14.6. The van der Waals surface area contributed by atoms with Crippen molar-refractivity contribution in [2.24, 2.45) is 0 Å². The maximum atomic E-state index is 9.28. The first-order chi connectivity index (χ1) is 9.31. The van der Waals surface area contributed by atoms with E-state index in [1.165, 1.54) is 11.1 Å². The second kappa shape index (κ2) is 7.02. The molecule has 2 aromatic rings. The van der Waals surface area contributed by atoms with Crippen molar-refractivity contribution < 1.29 is 5.11 Å². The molecule has 1 aromatic heterocycles. The fraction of sp³-hybridized carbons (Fsp3) is 0.312. The van der Waals surface area contributed by atoms with E-state index in [4.69, 9.17) is 0 Å². The minimum absolute atomic E-state index is 0.195. The fourth-order valence-electron chi connectivity index (χ4n) is 2.33. The highest BCUT2D eigenvalue weighted by Crippen LogP contribution is 2.24. The molecule has 0 bridgehead atoms. The van der Waals surface area contributed by atoms with Crippen LogP contribution in [-0.2, 0) is 6.54 Å². The Kier molecular flexibility index (Phi) is 5.07. The summed E-state index contributed by atoms with van der Waals surface area (Å²) in [4.78, 5) is 6.30. The number of aliphatic hydroxyl groups is 1. The Bertz CT molecular complexity index is 473. The molecule has 0 saturated heterocycles. The van der Waals surface area contributed by atoms with Crippen molar-refractivity contribution in [2.45, 2.75) is 19.0 Å². The SMILES string of the molecule is CN(Cc1ccncc1)[C@@H](CCO)c1ccccc1. The molecule has 3 nitrogen and oxygen atoms in total. The van der Waals surface area contributed by atoms with Gasteiger partial charge < -0.3 is 5.11 Å². The molecule has 3 heteroatoms. The number of hydrogen-bond donors (Lipinski definition) is 1. The maximum absolute atomic E-state index is 9.28. The average molecular weight is 256 g/mol. The fourth-order valence-corrected chi connectivity index (χ4v) is 2.33. The topological polar surface area (TPSA) is 36.4 Å². The first-order valence-corrected chi connectivity index (χ1v) is 6.56. The maximum Gasteiger partial charge on any atom is 0.0449 e. The van der Waals surface area contributed by atoms with Gasteiger partial charge in [-0.3, -0.25) is 9.88 Å². The standard InChI is InChI=1S/C16H20N2O/c1-18(13-14-7-10-17-11-8-14)16(9-12-19)15-5-3-2-4-6-15/h2-8,10-11,16,19H,9,12-13H2,1H3/t16-/m0/s1. The van der Waals surface area contributed by atoms with Crippen LogP contribution in [0.5, 0.6) is 0 Å². The van der Waals surface area contributed by atoms with Crippen molar-refractivity contribution in [1.82, 2.24) is 9.88 Å². The Balaban J connectivity index is 2.11. The minimum Gasteiger partial charge on any atom is -0.396 e. The molecule has 19 heavy (non-hydrogen) atoms. The molecule has 1 heterocycles. The Morgan fingerprint density at radius 3 is 2.42 bits per heavy atom. The largest absolute Gasteiger partial charge is 0.396 e. The molecule has 0 radical (unpaired) electrons. The summed E-state index contributed by atoms with van der Waals surface area (Å²) >= 11 is 0. The normalized spacial score (nSPS) is 12.6. The van der Waals surface area contributed by atoms with Gasteiger partial charge in [-0.2, -0.15) is 0 Å². The average Bonchev–Trinajstić information content (AvgIpc) is 2.46. The van der Waals surface area contributed by atoms with Crippen molar-refractivity contribution in [3.05, 3.63) is 66.0 Å². The van der Waals surface area contributed by atoms with Gasteiger partial charge in [0.05, 0.1) is 0 Å². The van der Waals surface area contributed by atoms with Crippen molar-refractivity contribution >= 4 is 0 Å². The molecule has 100 valence electrons. The highest BCUT2D eigenvalue weighted by molar-refractivity contribution is 5.19. The van der Waals surface area contributed by atoms with Crippen molar-refractivity contribution in [2.75, 3.05) is 13.7 Å². The molecule has 0 aliphatic carbocycles. The zero-order chi connectivity index (χ0) is 13.5. The van der Waals surface area contributed by atoms with Gasteiger partial charge in [0.2, 0.25) is 0 Å². The predicted molar refractivity (Wildman–Crippen MR) is 76.6 cm³/mol. The molecule has 0 aliphatic rings. The highest BCUT2D eigenvalue weighted by atomic mass is 16.3. The lowest BCUT2D eigenvalue weighted by molar-refractivity contribution is 0.180. The van der Waals surface area contributed by atoms with E-state index in [2.05, 4.69) is 29.1 Å². The van der Waals surface area contributed by atoms with E-state index in [1.807, 2.05) is 42.7 Å². The van der Waals surface area contributed by atoms with Crippen LogP contribution in [0, 0.1) is 0 Å². The monoisotopic (exact) mass is 256 g/mol. The first-order valence-electron chi connectivity index (χ1n) is 6.56. The second-order valence-corrected chi connectivity index (χ2v) is 4.71. The van der Waals surface area contributed by atoms with Gasteiger partial charge in [-0.25, -0.2) is 0 Å². The van der Waals surface area contributed by atoms with Gasteiger partial charge in [-0.15, -0.1) is 0 Å². The van der Waals surface area contributed by atoms with Gasteiger partial charge in [-0.05, 0) is 36.7 Å². The van der Waals surface area contributed by atoms with Gasteiger partial charge in [0, 0.05) is 31.6 Å². The summed E-state index contributed by atoms with van der Waals surface area (Å²) in [5.41, 5.74) is 2.48. The number of aromatic nitrogens is 1. The quantitative estimate of drug-likeness (QED) is 0.863. The first kappa shape index (κ1) is 13.7. The lowest BCUT2D eigenvalue weighted by Crippen LogP contribution is -2.25. The lowest BCUT2D eigenvalue weighted by Gasteiger charge is -2.28. The van der Waals surface area contributed by atoms with Crippen molar-refractivity contribution in [3.8, 4) is 0 Å². The van der Waals surface area contributed by atoms with E-state index in [0.717, 1.165) is 13.0 Å². The molecular weight excluding hydrogens is 236 g/mol. The van der Waals surface area contributed by atoms with Crippen LogP contribution < -0.4 is 0 Å². The van der Waals surface area contributed by atoms with E-state index < -0.39 is 0 Å². The van der Waals surface area contributed by atoms with Crippen LogP contribution in [0.2, 0.25) is 0 Å². The summed E-state index contributed by atoms with van der Waals surface area (Å²) in [7, 11) is 2.09. The summed E-state index contributed by atoms with van der Waals surface area (Å²) < 4.78 is 0. The van der Waals surface area contributed by atoms with Crippen LogP contribution in [0.4, 0.5) is 0 Å². The van der Waals surface area contributed by atoms with E-state index in [0.29, 0.717) is 0 Å². The van der Waals surface area contributed by atoms with Crippen LogP contribution in [0.1, 0.15) is 23.6 Å². The molecular formula is C16H20N2O. The molecule has 0 spiro atoms. The van der Waals surface area contributed by atoms with E-state index in [-0.39, 0.29) is 12.6 Å². The van der Waals surface area contributed by atoms with Crippen molar-refractivity contribution in [1.29, 1.82) is 0 Å². The third-order valence-corrected chi connectivity index (χ3v) is 3.30. The number of aliphatic hydroxyl groups excluding tert-OH is 1. The number of hydrogen-bond acceptors (Lipinski definition) is 3. The molecule has 0 amide bonds. The van der Waals surface area contributed by atoms with Crippen LogP contribution in [0.15, 0.2) is 54.9 Å². The van der Waals surface area contributed by atoms with Crippen molar-refractivity contribution in [3.63, 3.8) is 0 Å². The van der Waals surface area contributed by atoms with E-state index >= 15 is 0 Å². The predicted octanol–water partition coefficient (Wildman–Crippen LogP) is 2.64. The van der Waals surface area contributed by atoms with Crippen LogP contribution in [-0.4, -0.2) is 28.6 Å². The summed E-state index contributed by atoms with van der Waals surface area (Å²) in [6.07, 6.45) is 4.37. The van der Waals surface area contributed by atoms with E-state index in [1.54, 1.807) is 0 Å². The van der Waals surface area contributed by atoms with Gasteiger partial charge in [0.25, 0.3) is 0 Å². The van der Waals surface area contributed by atoms with Gasteiger partial charge in [0.1, 0.15) is 0 Å². The minimum atomic E-state index is 0.195. The number of benzene rings is 1. The Hall–Kier alpha value is -1.71. The summed E-state index contributed by atoms with van der Waals surface area (Å²) in [5, 5.41) is 9.28. The second-order valence-electron chi connectivity index (χ2n) is 4.71. The summed E-state index contributed by atoms with van der Waals surface area (Å²) in [6.45, 7) is 1.04. The third-order valence-electron chi connectivity index (χ3n) is 3.30. The third kappa shape index (κ3) is 3.88. The van der Waals surface area contributed by atoms with Gasteiger partial charge in [-0.1, -0.05) is 30.3 Å². The molecule has 1 N–H and O–H groups in total. The van der Waals surface area contributed by atoms with E-state index in [9.17, 15) is 5.11 Å². The van der Waals surface area contributed by atoms with Crippen LogP contribution >= 0.6 is 0 Å². The number of pyridine rings is 1.